The maximum Gasteiger partial charge on any atom is 0.125 e. The average molecular weight is 291 g/mol. The van der Waals surface area contributed by atoms with E-state index in [1.807, 2.05) is 0 Å². The van der Waals surface area contributed by atoms with Crippen LogP contribution in [0.4, 0.5) is 0 Å². The predicted octanol–water partition coefficient (Wildman–Crippen LogP) is 4.96. The summed E-state index contributed by atoms with van der Waals surface area (Å²) in [6.45, 7) is 13.8. The van der Waals surface area contributed by atoms with Gasteiger partial charge in [0.2, 0.25) is 0 Å². The van der Waals surface area contributed by atoms with Crippen LogP contribution in [0, 0.1) is 19.8 Å². The van der Waals surface area contributed by atoms with E-state index in [2.05, 4.69) is 53.7 Å². The lowest BCUT2D eigenvalue weighted by atomic mass is 9.88. The lowest BCUT2D eigenvalue weighted by molar-refractivity contribution is 0.264. The molecule has 0 aliphatic rings. The number of hydrogen-bond acceptors (Lipinski definition) is 2. The fourth-order valence-electron chi connectivity index (χ4n) is 2.78. The number of hydrogen-bond donors (Lipinski definition) is 1. The van der Waals surface area contributed by atoms with Gasteiger partial charge in [-0.3, -0.25) is 0 Å². The molecule has 0 bridgehead atoms. The highest BCUT2D eigenvalue weighted by Gasteiger charge is 2.18. The first kappa shape index (κ1) is 18.0. The second-order valence-corrected chi connectivity index (χ2v) is 6.86. The van der Waals surface area contributed by atoms with Crippen LogP contribution in [-0.2, 0) is 0 Å². The van der Waals surface area contributed by atoms with E-state index in [0.717, 1.165) is 31.6 Å². The molecule has 21 heavy (non-hydrogen) atoms. The molecule has 0 aliphatic heterocycles. The Morgan fingerprint density at radius 1 is 1.10 bits per heavy atom. The summed E-state index contributed by atoms with van der Waals surface area (Å²) in [5.74, 6) is 2.19. The molecule has 0 spiro atoms. The Kier molecular flexibility index (Phi) is 7.24. The summed E-state index contributed by atoms with van der Waals surface area (Å²) in [6.07, 6.45) is 3.33. The normalized spacial score (nSPS) is 14.3. The molecular weight excluding hydrogens is 258 g/mol. The van der Waals surface area contributed by atoms with Crippen molar-refractivity contribution in [2.75, 3.05) is 6.61 Å². The minimum absolute atomic E-state index is 0.269. The third-order valence-electron chi connectivity index (χ3n) is 3.91. The van der Waals surface area contributed by atoms with Gasteiger partial charge in [-0.15, -0.1) is 0 Å². The molecule has 0 amide bonds. The van der Waals surface area contributed by atoms with E-state index >= 15 is 0 Å². The molecule has 0 saturated carbocycles. The fourth-order valence-corrected chi connectivity index (χ4v) is 2.78. The minimum atomic E-state index is 0.269. The quantitative estimate of drug-likeness (QED) is 0.734. The van der Waals surface area contributed by atoms with Crippen molar-refractivity contribution >= 4 is 0 Å². The van der Waals surface area contributed by atoms with Crippen molar-refractivity contribution in [1.29, 1.82) is 0 Å². The van der Waals surface area contributed by atoms with Gasteiger partial charge in [0.25, 0.3) is 0 Å². The summed E-state index contributed by atoms with van der Waals surface area (Å²) in [4.78, 5) is 0. The Morgan fingerprint density at radius 2 is 1.76 bits per heavy atom. The van der Waals surface area contributed by atoms with Gasteiger partial charge in [-0.25, -0.2) is 0 Å². The first-order valence-electron chi connectivity index (χ1n) is 8.34. The van der Waals surface area contributed by atoms with Crippen LogP contribution in [0.1, 0.15) is 69.6 Å². The molecule has 2 N–H and O–H groups in total. The minimum Gasteiger partial charge on any atom is -0.493 e. The summed E-state index contributed by atoms with van der Waals surface area (Å²) in [5, 5.41) is 0. The highest BCUT2D eigenvalue weighted by atomic mass is 16.5. The van der Waals surface area contributed by atoms with Gasteiger partial charge >= 0.3 is 0 Å². The van der Waals surface area contributed by atoms with Gasteiger partial charge in [0.05, 0.1) is 6.61 Å². The zero-order chi connectivity index (χ0) is 16.0. The standard InChI is InChI=1S/C19H33NO/c1-7-17(9-8-16(6)20)18-11-14(4)10-15(5)19(18)21-12-13(2)3/h10-11,13,16-17H,7-9,12,20H2,1-6H3. The van der Waals surface area contributed by atoms with E-state index in [4.69, 9.17) is 10.5 Å². The molecule has 0 heterocycles. The topological polar surface area (TPSA) is 35.2 Å². The maximum atomic E-state index is 6.14. The molecule has 0 saturated heterocycles. The molecule has 0 fully saturated rings. The van der Waals surface area contributed by atoms with Crippen molar-refractivity contribution in [2.24, 2.45) is 11.7 Å². The van der Waals surface area contributed by atoms with E-state index in [1.54, 1.807) is 0 Å². The Balaban J connectivity index is 3.05. The first-order chi connectivity index (χ1) is 9.85. The van der Waals surface area contributed by atoms with Crippen LogP contribution in [0.3, 0.4) is 0 Å². The van der Waals surface area contributed by atoms with Gasteiger partial charge in [0.15, 0.2) is 0 Å². The molecular formula is C19H33NO. The van der Waals surface area contributed by atoms with Crippen molar-refractivity contribution < 1.29 is 4.74 Å². The molecule has 2 nitrogen and oxygen atoms in total. The molecule has 2 atom stereocenters. The number of aryl methyl sites for hydroxylation is 2. The highest BCUT2D eigenvalue weighted by molar-refractivity contribution is 5.45. The van der Waals surface area contributed by atoms with Crippen LogP contribution in [-0.4, -0.2) is 12.6 Å². The molecule has 1 aromatic carbocycles. The van der Waals surface area contributed by atoms with Crippen molar-refractivity contribution in [3.05, 3.63) is 28.8 Å². The fraction of sp³-hybridized carbons (Fsp3) is 0.684. The predicted molar refractivity (Wildman–Crippen MR) is 92.2 cm³/mol. The molecule has 0 aliphatic carbocycles. The van der Waals surface area contributed by atoms with Crippen molar-refractivity contribution in [3.63, 3.8) is 0 Å². The van der Waals surface area contributed by atoms with Crippen LogP contribution < -0.4 is 10.5 Å². The van der Waals surface area contributed by atoms with Gasteiger partial charge < -0.3 is 10.5 Å². The lowest BCUT2D eigenvalue weighted by Gasteiger charge is -2.23. The van der Waals surface area contributed by atoms with Crippen LogP contribution in [0.15, 0.2) is 12.1 Å². The van der Waals surface area contributed by atoms with Crippen LogP contribution in [0.2, 0.25) is 0 Å². The van der Waals surface area contributed by atoms with Gasteiger partial charge in [0, 0.05) is 6.04 Å². The van der Waals surface area contributed by atoms with Gasteiger partial charge in [-0.1, -0.05) is 38.5 Å². The van der Waals surface area contributed by atoms with E-state index in [0.29, 0.717) is 11.8 Å². The van der Waals surface area contributed by atoms with E-state index in [9.17, 15) is 0 Å². The molecule has 1 rings (SSSR count). The van der Waals surface area contributed by atoms with Crippen molar-refractivity contribution in [2.45, 2.75) is 72.8 Å². The van der Waals surface area contributed by atoms with E-state index in [1.165, 1.54) is 16.7 Å². The summed E-state index contributed by atoms with van der Waals surface area (Å²) < 4.78 is 6.14. The Labute approximate surface area is 131 Å². The third-order valence-corrected chi connectivity index (χ3v) is 3.91. The van der Waals surface area contributed by atoms with Gasteiger partial charge in [-0.05, 0) is 63.0 Å². The summed E-state index contributed by atoms with van der Waals surface area (Å²) in [6, 6.07) is 4.79. The second kappa shape index (κ2) is 8.43. The molecule has 2 unspecified atom stereocenters. The zero-order valence-electron chi connectivity index (χ0n) is 14.7. The van der Waals surface area contributed by atoms with Crippen LogP contribution >= 0.6 is 0 Å². The molecule has 0 radical (unpaired) electrons. The number of rotatable bonds is 8. The highest BCUT2D eigenvalue weighted by Crippen LogP contribution is 2.36. The number of benzene rings is 1. The number of nitrogens with two attached hydrogens (primary N) is 1. The van der Waals surface area contributed by atoms with Crippen molar-refractivity contribution in [3.8, 4) is 5.75 Å². The van der Waals surface area contributed by atoms with Crippen LogP contribution in [0.25, 0.3) is 0 Å². The molecule has 0 aromatic heterocycles. The Morgan fingerprint density at radius 3 is 2.29 bits per heavy atom. The molecule has 120 valence electrons. The summed E-state index contributed by atoms with van der Waals surface area (Å²) in [7, 11) is 0. The van der Waals surface area contributed by atoms with Gasteiger partial charge in [0.1, 0.15) is 5.75 Å². The molecule has 1 aromatic rings. The van der Waals surface area contributed by atoms with E-state index < -0.39 is 0 Å². The van der Waals surface area contributed by atoms with Crippen molar-refractivity contribution in [1.82, 2.24) is 0 Å². The van der Waals surface area contributed by atoms with E-state index in [-0.39, 0.29) is 6.04 Å². The summed E-state index contributed by atoms with van der Waals surface area (Å²) in [5.41, 5.74) is 9.88. The van der Waals surface area contributed by atoms with Gasteiger partial charge in [-0.2, -0.15) is 0 Å². The largest absolute Gasteiger partial charge is 0.493 e. The summed E-state index contributed by atoms with van der Waals surface area (Å²) >= 11 is 0. The monoisotopic (exact) mass is 291 g/mol. The third kappa shape index (κ3) is 5.70. The maximum absolute atomic E-state index is 6.14. The second-order valence-electron chi connectivity index (χ2n) is 6.86. The Bertz CT molecular complexity index is 437. The number of ether oxygens (including phenoxy) is 1. The Hall–Kier alpha value is -1.02. The smallest absolute Gasteiger partial charge is 0.125 e. The lowest BCUT2D eigenvalue weighted by Crippen LogP contribution is -2.16. The zero-order valence-corrected chi connectivity index (χ0v) is 14.7. The average Bonchev–Trinajstić information content (AvgIpc) is 2.37. The SMILES string of the molecule is CCC(CCC(C)N)c1cc(C)cc(C)c1OCC(C)C. The first-order valence-corrected chi connectivity index (χ1v) is 8.34. The van der Waals surface area contributed by atoms with Crippen LogP contribution in [0.5, 0.6) is 5.75 Å². The molecule has 2 heteroatoms.